The summed E-state index contributed by atoms with van der Waals surface area (Å²) in [5.74, 6) is -1.22. The lowest BCUT2D eigenvalue weighted by Crippen LogP contribution is -2.38. The number of benzene rings is 3. The van der Waals surface area contributed by atoms with Crippen molar-refractivity contribution in [1.29, 1.82) is 0 Å². The van der Waals surface area contributed by atoms with Gasteiger partial charge in [0.25, 0.3) is 10.1 Å². The normalized spacial score (nSPS) is 13.8. The third kappa shape index (κ3) is 3.65. The Morgan fingerprint density at radius 3 is 1.90 bits per heavy atom. The van der Waals surface area contributed by atoms with Crippen molar-refractivity contribution >= 4 is 56.5 Å². The first kappa shape index (κ1) is 22.0. The van der Waals surface area contributed by atoms with E-state index < -0.39 is 26.4 Å². The summed E-state index contributed by atoms with van der Waals surface area (Å²) in [6, 6.07) is 11.8. The summed E-state index contributed by atoms with van der Waals surface area (Å²) in [5.41, 5.74) is -0.326. The second-order valence-electron chi connectivity index (χ2n) is 6.09. The standard InChI is InChI=1S/C19H12Cl4O5S/c20-13-4-2-1-3-11(13)19(29(26,27)28,10-5-6-14(21)16(23)7-10)12-8-17(24)18(25)9-15(12)22/h1-9,24-25H,(H,26,27,28). The van der Waals surface area contributed by atoms with Crippen LogP contribution in [0.1, 0.15) is 16.7 Å². The average Bonchev–Trinajstić information content (AvgIpc) is 2.63. The number of hydrogen-bond acceptors (Lipinski definition) is 4. The van der Waals surface area contributed by atoms with Crippen molar-refractivity contribution in [2.24, 2.45) is 0 Å². The van der Waals surface area contributed by atoms with E-state index in [9.17, 15) is 23.2 Å². The van der Waals surface area contributed by atoms with Gasteiger partial charge in [-0.15, -0.1) is 0 Å². The Bertz CT molecular complexity index is 1210. The highest BCUT2D eigenvalue weighted by atomic mass is 35.5. The van der Waals surface area contributed by atoms with Crippen LogP contribution in [0.3, 0.4) is 0 Å². The third-order valence-corrected chi connectivity index (χ3v) is 7.24. The van der Waals surface area contributed by atoms with Crippen LogP contribution in [0.5, 0.6) is 11.5 Å². The van der Waals surface area contributed by atoms with E-state index in [0.29, 0.717) is 0 Å². The van der Waals surface area contributed by atoms with Gasteiger partial charge in [0.15, 0.2) is 16.2 Å². The molecule has 3 aromatic rings. The molecule has 0 heterocycles. The zero-order valence-corrected chi connectivity index (χ0v) is 18.1. The maximum atomic E-state index is 13.0. The number of aromatic hydroxyl groups is 2. The zero-order chi connectivity index (χ0) is 21.6. The average molecular weight is 494 g/mol. The van der Waals surface area contributed by atoms with Gasteiger partial charge in [-0.1, -0.05) is 70.7 Å². The molecule has 3 aromatic carbocycles. The van der Waals surface area contributed by atoms with E-state index in [0.717, 1.165) is 12.1 Å². The fraction of sp³-hybridized carbons (Fsp3) is 0.0526. The van der Waals surface area contributed by atoms with Crippen LogP contribution in [0.2, 0.25) is 20.1 Å². The van der Waals surface area contributed by atoms with Crippen molar-refractivity contribution < 1.29 is 23.2 Å². The van der Waals surface area contributed by atoms with E-state index in [4.69, 9.17) is 46.4 Å². The second-order valence-corrected chi connectivity index (χ2v) is 9.28. The minimum Gasteiger partial charge on any atom is -0.504 e. The van der Waals surface area contributed by atoms with Crippen LogP contribution in [0, 0.1) is 0 Å². The van der Waals surface area contributed by atoms with Crippen molar-refractivity contribution in [3.63, 3.8) is 0 Å². The van der Waals surface area contributed by atoms with Gasteiger partial charge in [0.2, 0.25) is 0 Å². The van der Waals surface area contributed by atoms with Gasteiger partial charge >= 0.3 is 0 Å². The quantitative estimate of drug-likeness (QED) is 0.239. The molecule has 3 rings (SSSR count). The monoisotopic (exact) mass is 492 g/mol. The Kier molecular flexibility index (Phi) is 5.98. The maximum absolute atomic E-state index is 13.0. The topological polar surface area (TPSA) is 94.8 Å². The molecule has 0 fully saturated rings. The fourth-order valence-corrected chi connectivity index (χ4v) is 5.48. The molecule has 0 saturated heterocycles. The first-order chi connectivity index (χ1) is 13.5. The molecule has 0 spiro atoms. The molecular weight excluding hydrogens is 482 g/mol. The summed E-state index contributed by atoms with van der Waals surface area (Å²) < 4.78 is 34.0. The van der Waals surface area contributed by atoms with Crippen molar-refractivity contribution in [3.8, 4) is 11.5 Å². The molecule has 0 amide bonds. The van der Waals surface area contributed by atoms with Crippen LogP contribution >= 0.6 is 46.4 Å². The van der Waals surface area contributed by atoms with Crippen LogP contribution < -0.4 is 0 Å². The summed E-state index contributed by atoms with van der Waals surface area (Å²) in [7, 11) is -5.05. The molecule has 0 aliphatic heterocycles. The lowest BCUT2D eigenvalue weighted by molar-refractivity contribution is 0.402. The minimum absolute atomic E-state index is 0.000158. The van der Waals surface area contributed by atoms with Crippen LogP contribution in [-0.2, 0) is 14.9 Å². The SMILES string of the molecule is O=S(=O)(O)C(c1ccc(Cl)c(Cl)c1)(c1ccccc1Cl)c1cc(O)c(O)cc1Cl. The molecule has 0 aliphatic rings. The van der Waals surface area contributed by atoms with Crippen LogP contribution in [0.25, 0.3) is 0 Å². The highest BCUT2D eigenvalue weighted by Crippen LogP contribution is 2.51. The molecule has 0 radical (unpaired) electrons. The summed E-state index contributed by atoms with van der Waals surface area (Å²) >= 11 is 24.7. The summed E-state index contributed by atoms with van der Waals surface area (Å²) in [6.07, 6.45) is 0. The highest BCUT2D eigenvalue weighted by molar-refractivity contribution is 7.87. The Balaban J connectivity index is 2.61. The van der Waals surface area contributed by atoms with Gasteiger partial charge in [-0.05, 0) is 29.8 Å². The fourth-order valence-electron chi connectivity index (χ4n) is 3.17. The molecule has 0 bridgehead atoms. The predicted octanol–water partition coefficient (Wildman–Crippen LogP) is 5.89. The molecule has 10 heteroatoms. The zero-order valence-electron chi connectivity index (χ0n) is 14.3. The van der Waals surface area contributed by atoms with Crippen molar-refractivity contribution in [2.45, 2.75) is 4.75 Å². The van der Waals surface area contributed by atoms with Gasteiger partial charge in [0, 0.05) is 22.2 Å². The number of phenolic OH excluding ortho intramolecular Hbond substituents is 2. The Morgan fingerprint density at radius 2 is 1.31 bits per heavy atom. The molecule has 1 unspecified atom stereocenters. The minimum atomic E-state index is -5.05. The number of phenols is 2. The summed E-state index contributed by atoms with van der Waals surface area (Å²) in [4.78, 5) is 0. The molecule has 0 aromatic heterocycles. The molecular formula is C19H12Cl4O5S. The van der Waals surface area contributed by atoms with Gasteiger partial charge < -0.3 is 10.2 Å². The molecule has 0 saturated carbocycles. The highest BCUT2D eigenvalue weighted by Gasteiger charge is 2.51. The number of rotatable bonds is 4. The Labute approximate surface area is 186 Å². The van der Waals surface area contributed by atoms with Gasteiger partial charge in [-0.3, -0.25) is 4.55 Å². The molecule has 29 heavy (non-hydrogen) atoms. The van der Waals surface area contributed by atoms with E-state index >= 15 is 0 Å². The van der Waals surface area contributed by atoms with Gasteiger partial charge in [-0.25, -0.2) is 0 Å². The van der Waals surface area contributed by atoms with Crippen LogP contribution in [-0.4, -0.2) is 23.2 Å². The Hall–Kier alpha value is -1.67. The molecule has 152 valence electrons. The van der Waals surface area contributed by atoms with E-state index in [2.05, 4.69) is 0 Å². The van der Waals surface area contributed by atoms with Crippen LogP contribution in [0.15, 0.2) is 54.6 Å². The predicted molar refractivity (Wildman–Crippen MR) is 114 cm³/mol. The molecule has 0 aliphatic carbocycles. The number of hydrogen-bond donors (Lipinski definition) is 3. The largest absolute Gasteiger partial charge is 0.504 e. The van der Waals surface area contributed by atoms with Gasteiger partial charge in [-0.2, -0.15) is 8.42 Å². The molecule has 3 N–H and O–H groups in total. The van der Waals surface area contributed by atoms with E-state index in [1.165, 1.54) is 36.4 Å². The summed E-state index contributed by atoms with van der Waals surface area (Å²) in [5, 5.41) is 19.7. The van der Waals surface area contributed by atoms with Crippen molar-refractivity contribution in [1.82, 2.24) is 0 Å². The van der Waals surface area contributed by atoms with Gasteiger partial charge in [0.1, 0.15) is 0 Å². The number of halogens is 4. The van der Waals surface area contributed by atoms with Gasteiger partial charge in [0.05, 0.1) is 15.1 Å². The van der Waals surface area contributed by atoms with Crippen molar-refractivity contribution in [3.05, 3.63) is 91.4 Å². The Morgan fingerprint density at radius 1 is 0.690 bits per heavy atom. The molecule has 5 nitrogen and oxygen atoms in total. The lowest BCUT2D eigenvalue weighted by Gasteiger charge is -2.34. The van der Waals surface area contributed by atoms with Crippen molar-refractivity contribution in [2.75, 3.05) is 0 Å². The van der Waals surface area contributed by atoms with Crippen LogP contribution in [0.4, 0.5) is 0 Å². The third-order valence-electron chi connectivity index (χ3n) is 4.41. The summed E-state index contributed by atoms with van der Waals surface area (Å²) in [6.45, 7) is 0. The lowest BCUT2D eigenvalue weighted by atomic mass is 9.83. The first-order valence-electron chi connectivity index (χ1n) is 7.89. The van der Waals surface area contributed by atoms with E-state index in [-0.39, 0.29) is 36.8 Å². The van der Waals surface area contributed by atoms with E-state index in [1.807, 2.05) is 0 Å². The van der Waals surface area contributed by atoms with E-state index in [1.54, 1.807) is 6.07 Å². The first-order valence-corrected chi connectivity index (χ1v) is 10.8. The second kappa shape index (κ2) is 7.87. The molecule has 1 atom stereocenters. The maximum Gasteiger partial charge on any atom is 0.283 e. The smallest absolute Gasteiger partial charge is 0.283 e.